The molecule has 4 heteroatoms. The molecule has 19 heavy (non-hydrogen) atoms. The molecule has 1 unspecified atom stereocenters. The van der Waals surface area contributed by atoms with Gasteiger partial charge in [-0.2, -0.15) is 5.26 Å². The van der Waals surface area contributed by atoms with E-state index in [1.54, 1.807) is 17.8 Å². The van der Waals surface area contributed by atoms with E-state index in [4.69, 9.17) is 28.5 Å². The molecular formula is C15H11Cl2NS. The fourth-order valence-electron chi connectivity index (χ4n) is 1.69. The van der Waals surface area contributed by atoms with E-state index in [9.17, 15) is 0 Å². The Balaban J connectivity index is 2.22. The Hall–Kier alpha value is -1.14. The van der Waals surface area contributed by atoms with Gasteiger partial charge in [0.1, 0.15) is 0 Å². The summed E-state index contributed by atoms with van der Waals surface area (Å²) in [6.07, 6.45) is 0.453. The molecule has 1 nitrogen and oxygen atoms in total. The molecule has 96 valence electrons. The predicted molar refractivity (Wildman–Crippen MR) is 81.7 cm³/mol. The van der Waals surface area contributed by atoms with Gasteiger partial charge in [-0.15, -0.1) is 11.8 Å². The minimum atomic E-state index is 0.100. The average Bonchev–Trinajstić information content (AvgIpc) is 2.43. The number of hydrogen-bond donors (Lipinski definition) is 0. The van der Waals surface area contributed by atoms with Crippen molar-refractivity contribution in [3.8, 4) is 6.07 Å². The summed E-state index contributed by atoms with van der Waals surface area (Å²) in [5.74, 6) is 0. The molecular weight excluding hydrogens is 297 g/mol. The maximum absolute atomic E-state index is 8.96. The van der Waals surface area contributed by atoms with Gasteiger partial charge in [0.05, 0.1) is 22.5 Å². The standard InChI is InChI=1S/C15H11Cl2NS/c16-13-7-6-12(10-14(13)17)19-15(8-9-18)11-4-2-1-3-5-11/h1-7,10,15H,8H2. The van der Waals surface area contributed by atoms with Gasteiger partial charge in [0, 0.05) is 10.1 Å². The van der Waals surface area contributed by atoms with Crippen LogP contribution in [0.4, 0.5) is 0 Å². The SMILES string of the molecule is N#CCC(Sc1ccc(Cl)c(Cl)c1)c1ccccc1. The quantitative estimate of drug-likeness (QED) is 0.672. The third kappa shape index (κ3) is 3.91. The summed E-state index contributed by atoms with van der Waals surface area (Å²) >= 11 is 13.5. The largest absolute Gasteiger partial charge is 0.198 e. The molecule has 0 radical (unpaired) electrons. The summed E-state index contributed by atoms with van der Waals surface area (Å²) in [4.78, 5) is 1.01. The van der Waals surface area contributed by atoms with E-state index in [2.05, 4.69) is 6.07 Å². The smallest absolute Gasteiger partial charge is 0.0637 e. The van der Waals surface area contributed by atoms with E-state index >= 15 is 0 Å². The van der Waals surface area contributed by atoms with Gasteiger partial charge in [0.25, 0.3) is 0 Å². The number of halogens is 2. The molecule has 2 aromatic carbocycles. The minimum Gasteiger partial charge on any atom is -0.198 e. The third-order valence-corrected chi connectivity index (χ3v) is 4.61. The zero-order valence-electron chi connectivity index (χ0n) is 10.0. The molecule has 0 fully saturated rings. The monoisotopic (exact) mass is 307 g/mol. The minimum absolute atomic E-state index is 0.100. The number of thioether (sulfide) groups is 1. The molecule has 0 heterocycles. The zero-order chi connectivity index (χ0) is 13.7. The highest BCUT2D eigenvalue weighted by atomic mass is 35.5. The molecule has 0 aliphatic carbocycles. The molecule has 2 rings (SSSR count). The van der Waals surface area contributed by atoms with Crippen LogP contribution in [0.15, 0.2) is 53.4 Å². The number of benzene rings is 2. The van der Waals surface area contributed by atoms with Crippen LogP contribution in [0.5, 0.6) is 0 Å². The molecule has 2 aromatic rings. The van der Waals surface area contributed by atoms with Gasteiger partial charge >= 0.3 is 0 Å². The van der Waals surface area contributed by atoms with E-state index in [1.807, 2.05) is 42.5 Å². The maximum Gasteiger partial charge on any atom is 0.0637 e. The molecule has 0 aliphatic heterocycles. The Morgan fingerprint density at radius 3 is 2.42 bits per heavy atom. The maximum atomic E-state index is 8.96. The highest BCUT2D eigenvalue weighted by Gasteiger charge is 2.13. The van der Waals surface area contributed by atoms with Crippen LogP contribution in [-0.2, 0) is 0 Å². The Labute approximate surface area is 127 Å². The highest BCUT2D eigenvalue weighted by molar-refractivity contribution is 7.99. The van der Waals surface area contributed by atoms with E-state index in [0.717, 1.165) is 10.5 Å². The number of nitriles is 1. The van der Waals surface area contributed by atoms with Crippen molar-refractivity contribution >= 4 is 35.0 Å². The molecule has 0 saturated carbocycles. The predicted octanol–water partition coefficient (Wildman–Crippen LogP) is 5.74. The molecule has 1 atom stereocenters. The number of rotatable bonds is 4. The van der Waals surface area contributed by atoms with Crippen LogP contribution in [0.25, 0.3) is 0 Å². The normalized spacial score (nSPS) is 11.8. The Kier molecular flexibility index (Phi) is 5.15. The number of hydrogen-bond acceptors (Lipinski definition) is 2. The first kappa shape index (κ1) is 14.3. The molecule has 0 aliphatic rings. The van der Waals surface area contributed by atoms with Gasteiger partial charge in [-0.05, 0) is 23.8 Å². The van der Waals surface area contributed by atoms with Crippen molar-refractivity contribution in [3.63, 3.8) is 0 Å². The van der Waals surface area contributed by atoms with E-state index in [1.165, 1.54) is 0 Å². The lowest BCUT2D eigenvalue weighted by Gasteiger charge is -2.14. The second-order valence-electron chi connectivity index (χ2n) is 3.96. The molecule has 0 amide bonds. The topological polar surface area (TPSA) is 23.8 Å². The fraction of sp³-hybridized carbons (Fsp3) is 0.133. The lowest BCUT2D eigenvalue weighted by molar-refractivity contribution is 0.978. The van der Waals surface area contributed by atoms with Crippen molar-refractivity contribution in [3.05, 3.63) is 64.1 Å². The van der Waals surface area contributed by atoms with Gasteiger partial charge in [-0.1, -0.05) is 53.5 Å². The summed E-state index contributed by atoms with van der Waals surface area (Å²) in [5.41, 5.74) is 1.14. The van der Waals surface area contributed by atoms with Gasteiger partial charge in [-0.25, -0.2) is 0 Å². The molecule has 0 N–H and O–H groups in total. The van der Waals surface area contributed by atoms with Gasteiger partial charge < -0.3 is 0 Å². The third-order valence-electron chi connectivity index (χ3n) is 2.62. The fourth-order valence-corrected chi connectivity index (χ4v) is 3.17. The Morgan fingerprint density at radius 1 is 1.05 bits per heavy atom. The summed E-state index contributed by atoms with van der Waals surface area (Å²) in [5, 5.41) is 10.1. The zero-order valence-corrected chi connectivity index (χ0v) is 12.3. The second-order valence-corrected chi connectivity index (χ2v) is 6.05. The van der Waals surface area contributed by atoms with Crippen LogP contribution in [0.2, 0.25) is 10.0 Å². The first-order valence-electron chi connectivity index (χ1n) is 5.74. The van der Waals surface area contributed by atoms with Gasteiger partial charge in [-0.3, -0.25) is 0 Å². The first-order valence-corrected chi connectivity index (χ1v) is 7.38. The van der Waals surface area contributed by atoms with Crippen LogP contribution in [0.3, 0.4) is 0 Å². The molecule has 0 spiro atoms. The van der Waals surface area contributed by atoms with E-state index in [-0.39, 0.29) is 5.25 Å². The van der Waals surface area contributed by atoms with Crippen molar-refractivity contribution in [2.24, 2.45) is 0 Å². The Morgan fingerprint density at radius 2 is 1.79 bits per heavy atom. The number of nitrogens with zero attached hydrogens (tertiary/aromatic N) is 1. The van der Waals surface area contributed by atoms with Crippen LogP contribution in [0, 0.1) is 11.3 Å². The van der Waals surface area contributed by atoms with E-state index in [0.29, 0.717) is 16.5 Å². The summed E-state index contributed by atoms with van der Waals surface area (Å²) < 4.78 is 0. The van der Waals surface area contributed by atoms with Gasteiger partial charge in [0.2, 0.25) is 0 Å². The van der Waals surface area contributed by atoms with Crippen LogP contribution in [0.1, 0.15) is 17.2 Å². The highest BCUT2D eigenvalue weighted by Crippen LogP contribution is 2.39. The Bertz CT molecular complexity index is 593. The summed E-state index contributed by atoms with van der Waals surface area (Å²) in [6.45, 7) is 0. The van der Waals surface area contributed by atoms with Crippen molar-refractivity contribution in [1.82, 2.24) is 0 Å². The first-order chi connectivity index (χ1) is 9.20. The van der Waals surface area contributed by atoms with Crippen molar-refractivity contribution in [1.29, 1.82) is 5.26 Å². The molecule has 0 aromatic heterocycles. The van der Waals surface area contributed by atoms with Crippen molar-refractivity contribution in [2.75, 3.05) is 0 Å². The van der Waals surface area contributed by atoms with Crippen LogP contribution in [-0.4, -0.2) is 0 Å². The van der Waals surface area contributed by atoms with Crippen molar-refractivity contribution in [2.45, 2.75) is 16.6 Å². The summed E-state index contributed by atoms with van der Waals surface area (Å²) in [7, 11) is 0. The van der Waals surface area contributed by atoms with Gasteiger partial charge in [0.15, 0.2) is 0 Å². The van der Waals surface area contributed by atoms with Crippen molar-refractivity contribution < 1.29 is 0 Å². The lowest BCUT2D eigenvalue weighted by Crippen LogP contribution is -1.92. The van der Waals surface area contributed by atoms with Crippen LogP contribution >= 0.6 is 35.0 Å². The molecule has 0 bridgehead atoms. The summed E-state index contributed by atoms with van der Waals surface area (Å²) in [6, 6.07) is 17.8. The van der Waals surface area contributed by atoms with E-state index < -0.39 is 0 Å². The average molecular weight is 308 g/mol. The lowest BCUT2D eigenvalue weighted by atomic mass is 10.1. The van der Waals surface area contributed by atoms with Crippen LogP contribution < -0.4 is 0 Å². The second kappa shape index (κ2) is 6.86. The molecule has 0 saturated heterocycles.